The lowest BCUT2D eigenvalue weighted by molar-refractivity contribution is -0.131. The van der Waals surface area contributed by atoms with Gasteiger partial charge in [-0.1, -0.05) is 24.0 Å². The number of carbonyl (C=O) groups is 1. The third-order valence-electron chi connectivity index (χ3n) is 3.67. The number of hydrogen-bond donors (Lipinski definition) is 3. The summed E-state index contributed by atoms with van der Waals surface area (Å²) in [7, 11) is -3.69. The molecule has 1 rings (SSSR count). The molecule has 23 heavy (non-hydrogen) atoms. The first kappa shape index (κ1) is 19.2. The lowest BCUT2D eigenvalue weighted by Gasteiger charge is -2.25. The van der Waals surface area contributed by atoms with Crippen LogP contribution in [0.4, 0.5) is 0 Å². The van der Waals surface area contributed by atoms with Gasteiger partial charge in [-0.25, -0.2) is 13.9 Å². The molecule has 1 aromatic carbocycles. The number of aliphatic hydroxyl groups is 1. The lowest BCUT2D eigenvalue weighted by Crippen LogP contribution is -2.49. The van der Waals surface area contributed by atoms with Gasteiger partial charge in [-0.15, -0.1) is 0 Å². The predicted octanol–water partition coefficient (Wildman–Crippen LogP) is 0.660. The number of hydroxylamine groups is 1. The van der Waals surface area contributed by atoms with E-state index in [1.807, 2.05) is 0 Å². The number of aryl methyl sites for hydroxylation is 1. The van der Waals surface area contributed by atoms with E-state index in [1.165, 1.54) is 12.4 Å². The van der Waals surface area contributed by atoms with Crippen LogP contribution in [0.2, 0.25) is 0 Å². The standard InChI is InChI=1S/C16H21NO5S/c1-12(18)4-5-13-6-8-14(9-7-13)10-11-16(2,15(19)17-20)23(3,21)22/h6-9,12,18,20H,10-11H2,1-3H3,(H,17,19). The molecule has 0 heterocycles. The van der Waals surface area contributed by atoms with Gasteiger partial charge in [-0.2, -0.15) is 0 Å². The van der Waals surface area contributed by atoms with Crippen molar-refractivity contribution in [2.75, 3.05) is 6.26 Å². The summed E-state index contributed by atoms with van der Waals surface area (Å²) in [5.74, 6) is 4.48. The highest BCUT2D eigenvalue weighted by atomic mass is 32.2. The molecule has 0 spiro atoms. The Labute approximate surface area is 136 Å². The van der Waals surface area contributed by atoms with Crippen LogP contribution in [0.3, 0.4) is 0 Å². The topological polar surface area (TPSA) is 104 Å². The molecule has 3 N–H and O–H groups in total. The van der Waals surface area contributed by atoms with E-state index in [2.05, 4.69) is 11.8 Å². The Morgan fingerprint density at radius 1 is 1.35 bits per heavy atom. The quantitative estimate of drug-likeness (QED) is 0.415. The van der Waals surface area contributed by atoms with Crippen molar-refractivity contribution in [3.05, 3.63) is 35.4 Å². The van der Waals surface area contributed by atoms with Gasteiger partial charge in [0.1, 0.15) is 10.9 Å². The summed E-state index contributed by atoms with van der Waals surface area (Å²) in [6.07, 6.45) is 0.650. The molecule has 0 fully saturated rings. The van der Waals surface area contributed by atoms with Gasteiger partial charge in [-0.3, -0.25) is 10.0 Å². The first-order valence-electron chi connectivity index (χ1n) is 7.03. The third-order valence-corrected chi connectivity index (χ3v) is 5.70. The van der Waals surface area contributed by atoms with Gasteiger partial charge >= 0.3 is 0 Å². The van der Waals surface area contributed by atoms with Crippen molar-refractivity contribution in [1.29, 1.82) is 0 Å². The maximum Gasteiger partial charge on any atom is 0.264 e. The Kier molecular flexibility index (Phi) is 6.33. The average molecular weight is 339 g/mol. The van der Waals surface area contributed by atoms with E-state index in [0.29, 0.717) is 6.42 Å². The van der Waals surface area contributed by atoms with E-state index in [-0.39, 0.29) is 6.42 Å². The van der Waals surface area contributed by atoms with E-state index in [0.717, 1.165) is 17.4 Å². The largest absolute Gasteiger partial charge is 0.381 e. The van der Waals surface area contributed by atoms with Crippen LogP contribution >= 0.6 is 0 Å². The number of carbonyl (C=O) groups excluding carboxylic acids is 1. The van der Waals surface area contributed by atoms with Crippen molar-refractivity contribution >= 4 is 15.7 Å². The lowest BCUT2D eigenvalue weighted by atomic mass is 9.99. The smallest absolute Gasteiger partial charge is 0.264 e. The molecular weight excluding hydrogens is 318 g/mol. The fraction of sp³-hybridized carbons (Fsp3) is 0.438. The molecule has 0 saturated carbocycles. The fourth-order valence-corrected chi connectivity index (χ4v) is 2.77. The highest BCUT2D eigenvalue weighted by Gasteiger charge is 2.42. The number of nitrogens with one attached hydrogen (secondary N) is 1. The minimum absolute atomic E-state index is 0.0386. The molecule has 126 valence electrons. The van der Waals surface area contributed by atoms with Crippen LogP contribution in [0.1, 0.15) is 31.4 Å². The molecule has 0 radical (unpaired) electrons. The van der Waals surface area contributed by atoms with Crippen molar-refractivity contribution in [1.82, 2.24) is 5.48 Å². The molecule has 2 unspecified atom stereocenters. The van der Waals surface area contributed by atoms with Gasteiger partial charge in [0.05, 0.1) is 0 Å². The van der Waals surface area contributed by atoms with E-state index in [1.54, 1.807) is 31.2 Å². The molecule has 6 nitrogen and oxygen atoms in total. The van der Waals surface area contributed by atoms with Crippen LogP contribution in [0.5, 0.6) is 0 Å². The molecule has 1 amide bonds. The summed E-state index contributed by atoms with van der Waals surface area (Å²) in [5.41, 5.74) is 3.00. The van der Waals surface area contributed by atoms with Crippen LogP contribution in [0.25, 0.3) is 0 Å². The van der Waals surface area contributed by atoms with Gasteiger partial charge in [0.2, 0.25) is 0 Å². The summed E-state index contributed by atoms with van der Waals surface area (Å²) in [5, 5.41) is 17.9. The van der Waals surface area contributed by atoms with Crippen molar-refractivity contribution < 1.29 is 23.5 Å². The van der Waals surface area contributed by atoms with Crippen LogP contribution in [0.15, 0.2) is 24.3 Å². The SMILES string of the molecule is CC(O)C#Cc1ccc(CCC(C)(C(=O)NO)S(C)(=O)=O)cc1. The molecular formula is C16H21NO5S. The van der Waals surface area contributed by atoms with Crippen molar-refractivity contribution in [2.24, 2.45) is 0 Å². The summed E-state index contributed by atoms with van der Waals surface area (Å²) in [4.78, 5) is 11.7. The van der Waals surface area contributed by atoms with Gasteiger partial charge in [0.15, 0.2) is 9.84 Å². The predicted molar refractivity (Wildman–Crippen MR) is 86.5 cm³/mol. The Morgan fingerprint density at radius 3 is 2.35 bits per heavy atom. The molecule has 2 atom stereocenters. The Morgan fingerprint density at radius 2 is 1.91 bits per heavy atom. The van der Waals surface area contributed by atoms with Gasteiger partial charge in [0.25, 0.3) is 5.91 Å². The fourth-order valence-electron chi connectivity index (χ4n) is 1.91. The highest BCUT2D eigenvalue weighted by molar-refractivity contribution is 7.92. The number of aliphatic hydroxyl groups excluding tert-OH is 1. The molecule has 0 aromatic heterocycles. The maximum atomic E-state index is 11.9. The van der Waals surface area contributed by atoms with Crippen molar-refractivity contribution in [2.45, 2.75) is 37.5 Å². The molecule has 0 bridgehead atoms. The van der Waals surface area contributed by atoms with Crippen LogP contribution in [0, 0.1) is 11.8 Å². The second-order valence-electron chi connectivity index (χ2n) is 5.59. The number of sulfone groups is 1. The van der Waals surface area contributed by atoms with E-state index in [4.69, 9.17) is 10.3 Å². The highest BCUT2D eigenvalue weighted by Crippen LogP contribution is 2.23. The van der Waals surface area contributed by atoms with Crippen molar-refractivity contribution in [3.8, 4) is 11.8 Å². The maximum absolute atomic E-state index is 11.9. The first-order chi connectivity index (χ1) is 10.6. The Balaban J connectivity index is 2.88. The average Bonchev–Trinajstić information content (AvgIpc) is 2.49. The minimum atomic E-state index is -3.69. The molecule has 0 saturated heterocycles. The molecule has 0 aliphatic carbocycles. The monoisotopic (exact) mass is 339 g/mol. The number of hydrogen-bond acceptors (Lipinski definition) is 5. The number of amides is 1. The van der Waals surface area contributed by atoms with Gasteiger partial charge in [-0.05, 0) is 44.4 Å². The normalized spacial score (nSPS) is 15.0. The molecule has 0 aliphatic rings. The van der Waals surface area contributed by atoms with Crippen molar-refractivity contribution in [3.63, 3.8) is 0 Å². The van der Waals surface area contributed by atoms with E-state index < -0.39 is 26.6 Å². The molecule has 0 aliphatic heterocycles. The van der Waals surface area contributed by atoms with Crippen LogP contribution in [-0.2, 0) is 21.1 Å². The Bertz CT molecular complexity index is 713. The van der Waals surface area contributed by atoms with E-state index >= 15 is 0 Å². The minimum Gasteiger partial charge on any atom is -0.381 e. The number of benzene rings is 1. The molecule has 7 heteroatoms. The van der Waals surface area contributed by atoms with Crippen LogP contribution in [-0.4, -0.2) is 41.7 Å². The summed E-state index contributed by atoms with van der Waals surface area (Å²) >= 11 is 0. The zero-order valence-electron chi connectivity index (χ0n) is 13.3. The van der Waals surface area contributed by atoms with Gasteiger partial charge < -0.3 is 5.11 Å². The zero-order chi connectivity index (χ0) is 17.7. The number of rotatable bonds is 5. The second kappa shape index (κ2) is 7.59. The zero-order valence-corrected chi connectivity index (χ0v) is 14.1. The van der Waals surface area contributed by atoms with Crippen LogP contribution < -0.4 is 5.48 Å². The first-order valence-corrected chi connectivity index (χ1v) is 8.92. The summed E-state index contributed by atoms with van der Waals surface area (Å²) < 4.78 is 22.0. The molecule has 1 aromatic rings. The second-order valence-corrected chi connectivity index (χ2v) is 8.03. The van der Waals surface area contributed by atoms with E-state index in [9.17, 15) is 13.2 Å². The Hall–Kier alpha value is -1.88. The van der Waals surface area contributed by atoms with Gasteiger partial charge in [0, 0.05) is 11.8 Å². The third kappa shape index (κ3) is 5.06. The summed E-state index contributed by atoms with van der Waals surface area (Å²) in [6, 6.07) is 7.08. The summed E-state index contributed by atoms with van der Waals surface area (Å²) in [6.45, 7) is 2.86.